The van der Waals surface area contributed by atoms with Gasteiger partial charge in [0.25, 0.3) is 0 Å². The molecule has 0 spiro atoms. The summed E-state index contributed by atoms with van der Waals surface area (Å²) in [7, 11) is 0. The van der Waals surface area contributed by atoms with Crippen LogP contribution in [0, 0.1) is 0 Å². The summed E-state index contributed by atoms with van der Waals surface area (Å²) >= 11 is 1.80. The molecule has 0 aliphatic carbocycles. The normalized spacial score (nSPS) is 19.4. The zero-order valence-corrected chi connectivity index (χ0v) is 13.5. The highest BCUT2D eigenvalue weighted by molar-refractivity contribution is 8.14. The minimum atomic E-state index is 0.271. The van der Waals surface area contributed by atoms with Crippen molar-refractivity contribution >= 4 is 33.4 Å². The zero-order valence-electron chi connectivity index (χ0n) is 12.6. The highest BCUT2D eigenvalue weighted by Gasteiger charge is 2.31. The summed E-state index contributed by atoms with van der Waals surface area (Å²) in [6.07, 6.45) is 1.07. The van der Waals surface area contributed by atoms with Gasteiger partial charge in [-0.2, -0.15) is 0 Å². The average molecular weight is 316 g/mol. The summed E-state index contributed by atoms with van der Waals surface area (Å²) in [5.74, 6) is 0. The molecule has 0 amide bonds. The van der Waals surface area contributed by atoms with Crippen molar-refractivity contribution in [1.29, 1.82) is 0 Å². The molecule has 0 N–H and O–H groups in total. The summed E-state index contributed by atoms with van der Waals surface area (Å²) in [5.41, 5.74) is 2.64. The predicted octanol–water partition coefficient (Wildman–Crippen LogP) is 5.25. The Hall–Kier alpha value is -2.26. The lowest BCUT2D eigenvalue weighted by Gasteiger charge is -2.28. The van der Waals surface area contributed by atoms with Gasteiger partial charge in [-0.15, -0.1) is 0 Å². The molecule has 3 aromatic rings. The van der Waals surface area contributed by atoms with Crippen LogP contribution in [0.5, 0.6) is 0 Å². The van der Waals surface area contributed by atoms with E-state index in [9.17, 15) is 0 Å². The van der Waals surface area contributed by atoms with Gasteiger partial charge < -0.3 is 4.90 Å². The SMILES string of the molecule is c1ccc2c(c1)SC1=NC(c3ccc4ccccc4c3)CCN12. The van der Waals surface area contributed by atoms with Crippen LogP contribution < -0.4 is 4.90 Å². The van der Waals surface area contributed by atoms with Crippen LogP contribution in [0.4, 0.5) is 5.69 Å². The third-order valence-electron chi connectivity index (χ3n) is 4.64. The molecule has 23 heavy (non-hydrogen) atoms. The standard InChI is InChI=1S/C20H16N2S/c1-2-6-15-13-16(10-9-14(15)5-1)17-11-12-22-18-7-3-4-8-19(18)23-20(22)21-17/h1-10,13,17H,11-12H2. The zero-order chi connectivity index (χ0) is 15.2. The largest absolute Gasteiger partial charge is 0.320 e. The molecule has 3 heteroatoms. The van der Waals surface area contributed by atoms with Crippen molar-refractivity contribution < 1.29 is 0 Å². The quantitative estimate of drug-likeness (QED) is 0.609. The fraction of sp³-hybridized carbons (Fsp3) is 0.150. The molecule has 0 bridgehead atoms. The van der Waals surface area contributed by atoms with Crippen LogP contribution in [-0.2, 0) is 0 Å². The van der Waals surface area contributed by atoms with Gasteiger partial charge in [-0.3, -0.25) is 4.99 Å². The van der Waals surface area contributed by atoms with E-state index in [4.69, 9.17) is 4.99 Å². The van der Waals surface area contributed by atoms with Gasteiger partial charge in [0.15, 0.2) is 5.17 Å². The maximum atomic E-state index is 5.04. The Bertz CT molecular complexity index is 932. The molecule has 2 heterocycles. The van der Waals surface area contributed by atoms with E-state index in [1.807, 2.05) is 0 Å². The summed E-state index contributed by atoms with van der Waals surface area (Å²) in [4.78, 5) is 8.72. The molecule has 1 unspecified atom stereocenters. The van der Waals surface area contributed by atoms with Crippen LogP contribution in [0.25, 0.3) is 10.8 Å². The van der Waals surface area contributed by atoms with E-state index in [2.05, 4.69) is 71.6 Å². The van der Waals surface area contributed by atoms with Gasteiger partial charge in [0, 0.05) is 11.4 Å². The molecule has 0 saturated heterocycles. The van der Waals surface area contributed by atoms with Gasteiger partial charge in [-0.25, -0.2) is 0 Å². The average Bonchev–Trinajstić information content (AvgIpc) is 2.99. The number of anilines is 1. The predicted molar refractivity (Wildman–Crippen MR) is 98.4 cm³/mol. The minimum absolute atomic E-state index is 0.271. The summed E-state index contributed by atoms with van der Waals surface area (Å²) < 4.78 is 0. The van der Waals surface area contributed by atoms with Crippen molar-refractivity contribution in [3.8, 4) is 0 Å². The number of benzene rings is 3. The van der Waals surface area contributed by atoms with E-state index in [1.165, 1.54) is 26.9 Å². The fourth-order valence-corrected chi connectivity index (χ4v) is 4.55. The molecule has 0 fully saturated rings. The van der Waals surface area contributed by atoms with Crippen molar-refractivity contribution in [2.24, 2.45) is 4.99 Å². The Kier molecular flexibility index (Phi) is 2.95. The second-order valence-electron chi connectivity index (χ2n) is 6.04. The third kappa shape index (κ3) is 2.15. The topological polar surface area (TPSA) is 15.6 Å². The number of aliphatic imine (C=N–C) groups is 1. The molecule has 0 saturated carbocycles. The molecular formula is C20H16N2S. The Morgan fingerprint density at radius 2 is 1.74 bits per heavy atom. The number of para-hydroxylation sites is 1. The lowest BCUT2D eigenvalue weighted by Crippen LogP contribution is -2.31. The number of nitrogens with zero attached hydrogens (tertiary/aromatic N) is 2. The first-order chi connectivity index (χ1) is 11.4. The summed E-state index contributed by atoms with van der Waals surface area (Å²) in [5, 5.41) is 3.74. The van der Waals surface area contributed by atoms with Crippen LogP contribution in [0.2, 0.25) is 0 Å². The highest BCUT2D eigenvalue weighted by Crippen LogP contribution is 2.44. The van der Waals surface area contributed by atoms with Crippen molar-refractivity contribution in [3.63, 3.8) is 0 Å². The molecule has 2 aliphatic heterocycles. The number of amidine groups is 1. The lowest BCUT2D eigenvalue weighted by molar-refractivity contribution is 0.637. The van der Waals surface area contributed by atoms with Gasteiger partial charge in [0.2, 0.25) is 0 Å². The Morgan fingerprint density at radius 3 is 2.70 bits per heavy atom. The van der Waals surface area contributed by atoms with Gasteiger partial charge in [0.1, 0.15) is 0 Å². The number of fused-ring (bicyclic) bond motifs is 4. The molecule has 3 aromatic carbocycles. The van der Waals surface area contributed by atoms with Crippen molar-refractivity contribution in [2.45, 2.75) is 17.4 Å². The monoisotopic (exact) mass is 316 g/mol. The van der Waals surface area contributed by atoms with E-state index < -0.39 is 0 Å². The molecule has 0 radical (unpaired) electrons. The lowest BCUT2D eigenvalue weighted by atomic mass is 9.99. The second-order valence-corrected chi connectivity index (χ2v) is 7.05. The van der Waals surface area contributed by atoms with E-state index in [-0.39, 0.29) is 6.04 Å². The molecule has 5 rings (SSSR count). The number of thioether (sulfide) groups is 1. The Labute approximate surface area is 139 Å². The van der Waals surface area contributed by atoms with E-state index in [1.54, 1.807) is 11.8 Å². The van der Waals surface area contributed by atoms with Crippen LogP contribution in [0.1, 0.15) is 18.0 Å². The van der Waals surface area contributed by atoms with Crippen LogP contribution >= 0.6 is 11.8 Å². The van der Waals surface area contributed by atoms with Crippen molar-refractivity contribution in [2.75, 3.05) is 11.4 Å². The maximum absolute atomic E-state index is 5.04. The third-order valence-corrected chi connectivity index (χ3v) is 5.71. The van der Waals surface area contributed by atoms with Crippen LogP contribution in [-0.4, -0.2) is 11.7 Å². The van der Waals surface area contributed by atoms with Gasteiger partial charge >= 0.3 is 0 Å². The van der Waals surface area contributed by atoms with Gasteiger partial charge in [-0.05, 0) is 52.7 Å². The molecular weight excluding hydrogens is 300 g/mol. The minimum Gasteiger partial charge on any atom is -0.320 e. The first kappa shape index (κ1) is 13.2. The van der Waals surface area contributed by atoms with E-state index in [0.717, 1.165) is 18.1 Å². The summed E-state index contributed by atoms with van der Waals surface area (Å²) in [6, 6.07) is 24.2. The molecule has 112 valence electrons. The van der Waals surface area contributed by atoms with Gasteiger partial charge in [-0.1, -0.05) is 48.5 Å². The second kappa shape index (κ2) is 5.14. The van der Waals surface area contributed by atoms with Crippen molar-refractivity contribution in [1.82, 2.24) is 0 Å². The molecule has 0 aromatic heterocycles. The first-order valence-corrected chi connectivity index (χ1v) is 8.81. The van der Waals surface area contributed by atoms with E-state index >= 15 is 0 Å². The Morgan fingerprint density at radius 1 is 0.913 bits per heavy atom. The van der Waals surface area contributed by atoms with Gasteiger partial charge in [0.05, 0.1) is 11.7 Å². The maximum Gasteiger partial charge on any atom is 0.169 e. The number of rotatable bonds is 1. The Balaban J connectivity index is 1.52. The van der Waals surface area contributed by atoms with Crippen molar-refractivity contribution in [3.05, 3.63) is 72.3 Å². The fourth-order valence-electron chi connectivity index (χ4n) is 3.44. The number of hydrogen-bond acceptors (Lipinski definition) is 3. The number of hydrogen-bond donors (Lipinski definition) is 0. The smallest absolute Gasteiger partial charge is 0.169 e. The molecule has 2 nitrogen and oxygen atoms in total. The first-order valence-electron chi connectivity index (χ1n) is 7.99. The molecule has 2 aliphatic rings. The highest BCUT2D eigenvalue weighted by atomic mass is 32.2. The van der Waals surface area contributed by atoms with Crippen LogP contribution in [0.3, 0.4) is 0 Å². The van der Waals surface area contributed by atoms with E-state index in [0.29, 0.717) is 0 Å². The molecule has 1 atom stereocenters. The summed E-state index contributed by atoms with van der Waals surface area (Å²) in [6.45, 7) is 1.04. The van der Waals surface area contributed by atoms with Crippen LogP contribution in [0.15, 0.2) is 76.6 Å².